The molecule has 0 saturated carbocycles. The van der Waals surface area contributed by atoms with Crippen molar-refractivity contribution >= 4 is 38.6 Å². The molecule has 5 nitrogen and oxygen atoms in total. The molecule has 4 aromatic rings. The van der Waals surface area contributed by atoms with Gasteiger partial charge in [0.05, 0.1) is 10.6 Å². The molecule has 0 aliphatic rings. The van der Waals surface area contributed by atoms with E-state index in [0.717, 1.165) is 31.2 Å². The quantitative estimate of drug-likeness (QED) is 0.553. The zero-order valence-corrected chi connectivity index (χ0v) is 15.4. The first-order chi connectivity index (χ1) is 11.5. The number of aryl methyl sites for hydroxylation is 3. The normalized spacial score (nSPS) is 11.5. The van der Waals surface area contributed by atoms with Crippen molar-refractivity contribution in [1.82, 2.24) is 15.2 Å². The smallest absolute Gasteiger partial charge is 0.260 e. The van der Waals surface area contributed by atoms with Crippen LogP contribution in [-0.2, 0) is 0 Å². The largest absolute Gasteiger partial charge is 0.414 e. The molecule has 7 heteroatoms. The Bertz CT molecular complexity index is 1070. The third-order valence-corrected chi connectivity index (χ3v) is 6.32. The van der Waals surface area contributed by atoms with Crippen LogP contribution in [0.4, 0.5) is 5.69 Å². The van der Waals surface area contributed by atoms with Crippen LogP contribution < -0.4 is 5.73 Å². The average Bonchev–Trinajstić information content (AvgIpc) is 3.24. The third-order valence-electron chi connectivity index (χ3n) is 4.25. The molecule has 0 saturated heterocycles. The van der Waals surface area contributed by atoms with Crippen LogP contribution in [0.3, 0.4) is 0 Å². The summed E-state index contributed by atoms with van der Waals surface area (Å²) in [5.41, 5.74) is 10.4. The Kier molecular flexibility index (Phi) is 3.43. The molecule has 0 fully saturated rings. The predicted octanol–water partition coefficient (Wildman–Crippen LogP) is 4.89. The van der Waals surface area contributed by atoms with Gasteiger partial charge in [0.15, 0.2) is 0 Å². The lowest BCUT2D eigenvalue weighted by atomic mass is 10.1. The summed E-state index contributed by atoms with van der Waals surface area (Å²) in [5, 5.41) is 9.36. The van der Waals surface area contributed by atoms with Crippen molar-refractivity contribution in [2.24, 2.45) is 0 Å². The molecule has 0 radical (unpaired) electrons. The van der Waals surface area contributed by atoms with Gasteiger partial charge in [0.25, 0.3) is 11.8 Å². The van der Waals surface area contributed by atoms with Gasteiger partial charge in [-0.25, -0.2) is 4.98 Å². The molecule has 2 N–H and O–H groups in total. The van der Waals surface area contributed by atoms with Gasteiger partial charge < -0.3 is 10.2 Å². The van der Waals surface area contributed by atoms with Crippen LogP contribution in [-0.4, -0.2) is 15.2 Å². The minimum absolute atomic E-state index is 0.450. The first-order valence-electron chi connectivity index (χ1n) is 7.52. The monoisotopic (exact) mass is 356 g/mol. The summed E-state index contributed by atoms with van der Waals surface area (Å²) in [5.74, 6) is 0.975. The molecule has 4 rings (SSSR count). The van der Waals surface area contributed by atoms with E-state index >= 15 is 0 Å². The Balaban J connectivity index is 1.87. The minimum atomic E-state index is 0.450. The second-order valence-corrected chi connectivity index (χ2v) is 8.08. The van der Waals surface area contributed by atoms with Gasteiger partial charge in [-0.1, -0.05) is 0 Å². The number of hydrogen-bond acceptors (Lipinski definition) is 7. The standard InChI is InChI=1S/C17H16N4OS2/c1-7-5-6-11(23-7)15-20-21-16(22-15)14-13(18)12-9(3)8(2)10(4)19-17(12)24-14/h5-6H,18H2,1-4H3. The van der Waals surface area contributed by atoms with Crippen LogP contribution in [0.1, 0.15) is 21.7 Å². The number of pyridine rings is 1. The maximum absolute atomic E-state index is 6.39. The maximum Gasteiger partial charge on any atom is 0.260 e. The summed E-state index contributed by atoms with van der Waals surface area (Å²) in [4.78, 5) is 8.53. The molecule has 0 aromatic carbocycles. The number of rotatable bonds is 2. The van der Waals surface area contributed by atoms with Gasteiger partial charge in [-0.2, -0.15) is 0 Å². The number of fused-ring (bicyclic) bond motifs is 1. The van der Waals surface area contributed by atoms with Crippen molar-refractivity contribution in [3.8, 4) is 21.5 Å². The first kappa shape index (κ1) is 15.3. The summed E-state index contributed by atoms with van der Waals surface area (Å²) in [6.07, 6.45) is 0. The van der Waals surface area contributed by atoms with E-state index in [9.17, 15) is 0 Å². The van der Waals surface area contributed by atoms with Crippen molar-refractivity contribution in [3.05, 3.63) is 33.8 Å². The van der Waals surface area contributed by atoms with E-state index in [2.05, 4.69) is 36.0 Å². The zero-order valence-electron chi connectivity index (χ0n) is 13.8. The third kappa shape index (κ3) is 2.23. The maximum atomic E-state index is 6.39. The molecule has 0 bridgehead atoms. The van der Waals surface area contributed by atoms with Crippen LogP contribution in [0, 0.1) is 27.7 Å². The van der Waals surface area contributed by atoms with Gasteiger partial charge in [-0.05, 0) is 51.0 Å². The number of anilines is 1. The fourth-order valence-electron chi connectivity index (χ4n) is 2.69. The highest BCUT2D eigenvalue weighted by atomic mass is 32.1. The first-order valence-corrected chi connectivity index (χ1v) is 9.15. The molecule has 0 amide bonds. The summed E-state index contributed by atoms with van der Waals surface area (Å²) in [6.45, 7) is 8.21. The van der Waals surface area contributed by atoms with Gasteiger partial charge in [0, 0.05) is 16.0 Å². The average molecular weight is 356 g/mol. The number of hydrogen-bond donors (Lipinski definition) is 1. The summed E-state index contributed by atoms with van der Waals surface area (Å²) in [7, 11) is 0. The Morgan fingerprint density at radius 2 is 1.71 bits per heavy atom. The Labute approximate surface area is 147 Å². The molecule has 4 heterocycles. The van der Waals surface area contributed by atoms with Crippen LogP contribution in [0.15, 0.2) is 16.5 Å². The lowest BCUT2D eigenvalue weighted by Gasteiger charge is -2.05. The SMILES string of the molecule is Cc1ccc(-c2nnc(-c3sc4nc(C)c(C)c(C)c4c3N)o2)s1. The number of aromatic nitrogens is 3. The van der Waals surface area contributed by atoms with Gasteiger partial charge in [-0.15, -0.1) is 32.9 Å². The summed E-state index contributed by atoms with van der Waals surface area (Å²) >= 11 is 3.13. The number of nitrogens with zero attached hydrogens (tertiary/aromatic N) is 3. The van der Waals surface area contributed by atoms with E-state index in [1.165, 1.54) is 21.8 Å². The highest BCUT2D eigenvalue weighted by molar-refractivity contribution is 7.22. The van der Waals surface area contributed by atoms with E-state index in [4.69, 9.17) is 10.2 Å². The zero-order chi connectivity index (χ0) is 17.0. The second-order valence-electron chi connectivity index (χ2n) is 5.79. The Morgan fingerprint density at radius 3 is 2.42 bits per heavy atom. The minimum Gasteiger partial charge on any atom is -0.414 e. The van der Waals surface area contributed by atoms with Crippen molar-refractivity contribution in [2.75, 3.05) is 5.73 Å². The molecular formula is C17H16N4OS2. The van der Waals surface area contributed by atoms with E-state index in [1.807, 2.05) is 19.1 Å². The van der Waals surface area contributed by atoms with Crippen LogP contribution >= 0.6 is 22.7 Å². The molecule has 0 aliphatic carbocycles. The van der Waals surface area contributed by atoms with E-state index in [0.29, 0.717) is 17.5 Å². The molecule has 0 aliphatic heterocycles. The van der Waals surface area contributed by atoms with Crippen LogP contribution in [0.2, 0.25) is 0 Å². The lowest BCUT2D eigenvalue weighted by molar-refractivity contribution is 0.588. The van der Waals surface area contributed by atoms with Gasteiger partial charge in [0.1, 0.15) is 9.71 Å². The number of nitrogens with two attached hydrogens (primary N) is 1. The topological polar surface area (TPSA) is 77.8 Å². The Morgan fingerprint density at radius 1 is 0.958 bits per heavy atom. The molecule has 24 heavy (non-hydrogen) atoms. The van der Waals surface area contributed by atoms with Gasteiger partial charge in [0.2, 0.25) is 0 Å². The highest BCUT2D eigenvalue weighted by Crippen LogP contribution is 2.42. The van der Waals surface area contributed by atoms with Gasteiger partial charge in [-0.3, -0.25) is 0 Å². The van der Waals surface area contributed by atoms with Crippen LogP contribution in [0.5, 0.6) is 0 Å². The molecule has 0 spiro atoms. The van der Waals surface area contributed by atoms with Crippen molar-refractivity contribution < 1.29 is 4.42 Å². The fourth-order valence-corrected chi connectivity index (χ4v) is 4.60. The summed E-state index contributed by atoms with van der Waals surface area (Å²) < 4.78 is 5.87. The second kappa shape index (κ2) is 5.39. The molecular weight excluding hydrogens is 340 g/mol. The van der Waals surface area contributed by atoms with Crippen molar-refractivity contribution in [3.63, 3.8) is 0 Å². The van der Waals surface area contributed by atoms with E-state index in [1.54, 1.807) is 11.3 Å². The fraction of sp³-hybridized carbons (Fsp3) is 0.235. The molecule has 122 valence electrons. The highest BCUT2D eigenvalue weighted by Gasteiger charge is 2.21. The number of nitrogen functional groups attached to an aromatic ring is 1. The van der Waals surface area contributed by atoms with Crippen molar-refractivity contribution in [2.45, 2.75) is 27.7 Å². The van der Waals surface area contributed by atoms with Crippen molar-refractivity contribution in [1.29, 1.82) is 0 Å². The summed E-state index contributed by atoms with van der Waals surface area (Å²) in [6, 6.07) is 4.03. The van der Waals surface area contributed by atoms with E-state index in [-0.39, 0.29) is 0 Å². The number of thiophene rings is 2. The molecule has 4 aromatic heterocycles. The lowest BCUT2D eigenvalue weighted by Crippen LogP contribution is -1.93. The van der Waals surface area contributed by atoms with E-state index < -0.39 is 0 Å². The predicted molar refractivity (Wildman–Crippen MR) is 99.6 cm³/mol. The van der Waals surface area contributed by atoms with Gasteiger partial charge >= 0.3 is 0 Å². The van der Waals surface area contributed by atoms with Crippen LogP contribution in [0.25, 0.3) is 31.8 Å². The Hall–Kier alpha value is -2.25. The molecule has 0 unspecified atom stereocenters. The molecule has 0 atom stereocenters.